The number of amides is 1. The second-order valence-electron chi connectivity index (χ2n) is 12.5. The molecule has 4 aliphatic rings. The summed E-state index contributed by atoms with van der Waals surface area (Å²) in [6.45, 7) is 6.53. The molecule has 4 bridgehead atoms. The summed E-state index contributed by atoms with van der Waals surface area (Å²) in [6.07, 6.45) is 7.94. The molecule has 4 fully saturated rings. The Hall–Kier alpha value is -2.79. The van der Waals surface area contributed by atoms with Crippen molar-refractivity contribution < 1.29 is 4.79 Å². The Morgan fingerprint density at radius 2 is 1.58 bits per heavy atom. The Balaban J connectivity index is 1.27. The minimum atomic E-state index is -0.249. The lowest BCUT2D eigenvalue weighted by atomic mass is 9.48. The molecule has 0 spiro atoms. The zero-order chi connectivity index (χ0) is 25.1. The smallest absolute Gasteiger partial charge is 0.287 e. The molecule has 36 heavy (non-hydrogen) atoms. The van der Waals surface area contributed by atoms with E-state index in [1.165, 1.54) is 55.0 Å². The van der Waals surface area contributed by atoms with Crippen molar-refractivity contribution in [3.8, 4) is 0 Å². The number of hydrogen-bond donors (Lipinski definition) is 2. The highest BCUT2D eigenvalue weighted by atomic mass is 32.1. The van der Waals surface area contributed by atoms with Gasteiger partial charge >= 0.3 is 0 Å². The number of pyridine rings is 1. The Morgan fingerprint density at radius 1 is 0.917 bits per heavy atom. The fourth-order valence-corrected chi connectivity index (χ4v) is 7.73. The van der Waals surface area contributed by atoms with E-state index in [9.17, 15) is 4.79 Å². The van der Waals surface area contributed by atoms with Gasteiger partial charge in [0, 0.05) is 10.9 Å². The van der Waals surface area contributed by atoms with E-state index < -0.39 is 0 Å². The molecule has 0 atom stereocenters. The molecule has 5 heteroatoms. The van der Waals surface area contributed by atoms with Crippen molar-refractivity contribution in [2.45, 2.75) is 70.1 Å². The summed E-state index contributed by atoms with van der Waals surface area (Å²) in [5.74, 6) is 2.26. The van der Waals surface area contributed by atoms with Crippen LogP contribution in [0.5, 0.6) is 0 Å². The van der Waals surface area contributed by atoms with E-state index in [0.717, 1.165) is 28.8 Å². The van der Waals surface area contributed by atoms with Crippen molar-refractivity contribution in [1.82, 2.24) is 15.8 Å². The quantitative estimate of drug-likeness (QED) is 0.316. The van der Waals surface area contributed by atoms with E-state index in [1.54, 1.807) is 0 Å². The van der Waals surface area contributed by atoms with Gasteiger partial charge in [-0.2, -0.15) is 0 Å². The van der Waals surface area contributed by atoms with Crippen molar-refractivity contribution in [3.05, 3.63) is 77.0 Å². The van der Waals surface area contributed by atoms with Gasteiger partial charge < -0.3 is 0 Å². The first-order valence-corrected chi connectivity index (χ1v) is 13.7. The van der Waals surface area contributed by atoms with Gasteiger partial charge in [0.1, 0.15) is 10.7 Å². The molecule has 4 saturated carbocycles. The predicted octanol–water partition coefficient (Wildman–Crippen LogP) is 6.61. The molecular formula is C31H35N3OS. The summed E-state index contributed by atoms with van der Waals surface area (Å²) >= 11 is 5.61. The molecule has 1 heterocycles. The molecule has 2 aromatic carbocycles. The summed E-state index contributed by atoms with van der Waals surface area (Å²) in [4.78, 5) is 18.6. The standard InChI is InChI=1S/C31H35N3OS/c1-30(2,3)23-8-6-7-22(14-23)29(36)34-33-28(35)27-15-25(24-9-4-5-10-26(24)32-27)31-16-19-11-20(17-31)13-21(12-19)18-31/h4-10,14-15,19-21H,11-13,16-18H2,1-3H3,(H,33,35)(H,34,36). The van der Waals surface area contributed by atoms with E-state index in [-0.39, 0.29) is 16.7 Å². The van der Waals surface area contributed by atoms with Gasteiger partial charge in [-0.15, -0.1) is 0 Å². The molecular weight excluding hydrogens is 462 g/mol. The van der Waals surface area contributed by atoms with Crippen LogP contribution in [-0.2, 0) is 10.8 Å². The van der Waals surface area contributed by atoms with Gasteiger partial charge in [0.05, 0.1) is 5.52 Å². The number of thiocarbonyl (C=S) groups is 1. The van der Waals surface area contributed by atoms with Crippen molar-refractivity contribution in [2.75, 3.05) is 0 Å². The Morgan fingerprint density at radius 3 is 2.25 bits per heavy atom. The maximum atomic E-state index is 13.3. The summed E-state index contributed by atoms with van der Waals surface area (Å²) in [5, 5.41) is 1.21. The van der Waals surface area contributed by atoms with Crippen LogP contribution >= 0.6 is 12.2 Å². The number of para-hydroxylation sites is 1. The van der Waals surface area contributed by atoms with Crippen LogP contribution in [0.25, 0.3) is 10.9 Å². The summed E-state index contributed by atoms with van der Waals surface area (Å²) < 4.78 is 0. The van der Waals surface area contributed by atoms with Crippen molar-refractivity contribution in [1.29, 1.82) is 0 Å². The Kier molecular flexibility index (Phi) is 5.67. The summed E-state index contributed by atoms with van der Waals surface area (Å²) in [5.41, 5.74) is 10.8. The lowest BCUT2D eigenvalue weighted by Gasteiger charge is -2.57. The number of benzene rings is 2. The van der Waals surface area contributed by atoms with Crippen LogP contribution in [0.2, 0.25) is 0 Å². The normalized spacial score (nSPS) is 26.7. The lowest BCUT2D eigenvalue weighted by Crippen LogP contribution is -2.48. The molecule has 4 aliphatic carbocycles. The molecule has 0 aliphatic heterocycles. The predicted molar refractivity (Wildman–Crippen MR) is 149 cm³/mol. The van der Waals surface area contributed by atoms with Crippen LogP contribution in [0.15, 0.2) is 54.6 Å². The van der Waals surface area contributed by atoms with Crippen LogP contribution in [0, 0.1) is 17.8 Å². The highest BCUT2D eigenvalue weighted by Crippen LogP contribution is 2.61. The number of aromatic nitrogens is 1. The number of nitrogens with zero attached hydrogens (tertiary/aromatic N) is 1. The fourth-order valence-electron chi connectivity index (χ4n) is 7.55. The molecule has 7 rings (SSSR count). The van der Waals surface area contributed by atoms with Gasteiger partial charge in [0.25, 0.3) is 5.91 Å². The van der Waals surface area contributed by atoms with Crippen LogP contribution in [0.1, 0.15) is 86.5 Å². The average molecular weight is 498 g/mol. The second-order valence-corrected chi connectivity index (χ2v) is 12.9. The second kappa shape index (κ2) is 8.65. The third kappa shape index (κ3) is 4.21. The molecule has 1 amide bonds. The van der Waals surface area contributed by atoms with Crippen molar-refractivity contribution in [2.24, 2.45) is 17.8 Å². The molecule has 0 unspecified atom stereocenters. The fraction of sp³-hybridized carbons (Fsp3) is 0.452. The largest absolute Gasteiger partial charge is 0.288 e. The van der Waals surface area contributed by atoms with E-state index in [0.29, 0.717) is 10.7 Å². The molecule has 3 aromatic rings. The van der Waals surface area contributed by atoms with Crippen molar-refractivity contribution in [3.63, 3.8) is 0 Å². The lowest BCUT2D eigenvalue weighted by molar-refractivity contribution is -0.00454. The molecule has 4 nitrogen and oxygen atoms in total. The van der Waals surface area contributed by atoms with Crippen LogP contribution < -0.4 is 10.9 Å². The third-order valence-corrected chi connectivity index (χ3v) is 9.18. The van der Waals surface area contributed by atoms with Gasteiger partial charge in [-0.1, -0.05) is 69.4 Å². The SMILES string of the molecule is CC(C)(C)c1cccc(C(=S)NNC(=O)c2cc(C34CC5CC(CC(C5)C3)C4)c3ccccc3n2)c1. The van der Waals surface area contributed by atoms with E-state index in [4.69, 9.17) is 17.2 Å². The van der Waals surface area contributed by atoms with Gasteiger partial charge in [-0.3, -0.25) is 15.6 Å². The Bertz CT molecular complexity index is 1320. The van der Waals surface area contributed by atoms with Gasteiger partial charge in [-0.05, 0) is 96.4 Å². The maximum absolute atomic E-state index is 13.3. The van der Waals surface area contributed by atoms with Crippen LogP contribution in [0.3, 0.4) is 0 Å². The number of nitrogens with one attached hydrogen (secondary N) is 2. The monoisotopic (exact) mass is 497 g/mol. The highest BCUT2D eigenvalue weighted by molar-refractivity contribution is 7.80. The van der Waals surface area contributed by atoms with E-state index >= 15 is 0 Å². The summed E-state index contributed by atoms with van der Waals surface area (Å²) in [7, 11) is 0. The first kappa shape index (κ1) is 23.6. The minimum absolute atomic E-state index is 0.0253. The zero-order valence-corrected chi connectivity index (χ0v) is 22.3. The molecule has 186 valence electrons. The number of hydrogen-bond acceptors (Lipinski definition) is 3. The molecule has 0 radical (unpaired) electrons. The topological polar surface area (TPSA) is 54.0 Å². The van der Waals surface area contributed by atoms with Crippen molar-refractivity contribution >= 4 is 34.0 Å². The first-order valence-electron chi connectivity index (χ1n) is 13.3. The van der Waals surface area contributed by atoms with Gasteiger partial charge in [0.2, 0.25) is 0 Å². The van der Waals surface area contributed by atoms with Gasteiger partial charge in [0.15, 0.2) is 0 Å². The highest BCUT2D eigenvalue weighted by Gasteiger charge is 2.52. The number of rotatable bonds is 3. The summed E-state index contributed by atoms with van der Waals surface area (Å²) in [6, 6.07) is 18.6. The van der Waals surface area contributed by atoms with Crippen LogP contribution in [-0.4, -0.2) is 15.9 Å². The number of carbonyl (C=O) groups excluding carboxylic acids is 1. The van der Waals surface area contributed by atoms with Gasteiger partial charge in [-0.25, -0.2) is 4.98 Å². The molecule has 2 N–H and O–H groups in total. The number of carbonyl (C=O) groups is 1. The third-order valence-electron chi connectivity index (χ3n) is 8.84. The maximum Gasteiger partial charge on any atom is 0.288 e. The van der Waals surface area contributed by atoms with E-state index in [2.05, 4.69) is 62.0 Å². The average Bonchev–Trinajstić information content (AvgIpc) is 2.85. The number of fused-ring (bicyclic) bond motifs is 1. The zero-order valence-electron chi connectivity index (χ0n) is 21.4. The molecule has 0 saturated heterocycles. The van der Waals surface area contributed by atoms with Crippen LogP contribution in [0.4, 0.5) is 0 Å². The molecule has 1 aromatic heterocycles. The minimum Gasteiger partial charge on any atom is -0.287 e. The number of hydrazine groups is 1. The van der Waals surface area contributed by atoms with E-state index in [1.807, 2.05) is 24.3 Å². The first-order chi connectivity index (χ1) is 17.2. The Labute approximate surface area is 219 Å².